The van der Waals surface area contributed by atoms with Crippen molar-refractivity contribution in [2.75, 3.05) is 0 Å². The topological polar surface area (TPSA) is 80.7 Å². The standard InChI is InChI=1S/C20H11ClF2N4O2S/c21-15-7-11(22)2-3-14(15)17-8-16-18(30-17)19(28)27(13-6-12(23)9-25-10-13)20(29)26(16)5-1-4-24/h2-3,6-10H,1,5H2. The van der Waals surface area contributed by atoms with Crippen LogP contribution in [0.15, 0.2) is 52.3 Å². The van der Waals surface area contributed by atoms with Gasteiger partial charge in [-0.05, 0) is 24.3 Å². The third-order valence-corrected chi connectivity index (χ3v) is 5.87. The van der Waals surface area contributed by atoms with Crippen molar-refractivity contribution in [3.8, 4) is 22.2 Å². The average molecular weight is 445 g/mol. The normalized spacial score (nSPS) is 11.0. The summed E-state index contributed by atoms with van der Waals surface area (Å²) in [6.07, 6.45) is 2.19. The minimum Gasteiger partial charge on any atom is -0.291 e. The summed E-state index contributed by atoms with van der Waals surface area (Å²) < 4.78 is 29.4. The van der Waals surface area contributed by atoms with Gasteiger partial charge in [0.1, 0.15) is 16.3 Å². The first-order valence-electron chi connectivity index (χ1n) is 8.63. The number of thiophene rings is 1. The van der Waals surface area contributed by atoms with Gasteiger partial charge in [-0.2, -0.15) is 5.26 Å². The Morgan fingerprint density at radius 2 is 1.93 bits per heavy atom. The quantitative estimate of drug-likeness (QED) is 0.474. The molecule has 3 heterocycles. The minimum atomic E-state index is -0.718. The number of pyridine rings is 1. The fourth-order valence-electron chi connectivity index (χ4n) is 3.10. The van der Waals surface area contributed by atoms with E-state index in [9.17, 15) is 18.4 Å². The lowest BCUT2D eigenvalue weighted by Gasteiger charge is -2.10. The van der Waals surface area contributed by atoms with E-state index in [2.05, 4.69) is 4.98 Å². The van der Waals surface area contributed by atoms with Crippen molar-refractivity contribution in [3.05, 3.63) is 80.2 Å². The fourth-order valence-corrected chi connectivity index (χ4v) is 4.55. The van der Waals surface area contributed by atoms with Crippen LogP contribution in [0.2, 0.25) is 5.02 Å². The molecular formula is C20H11ClF2N4O2S. The van der Waals surface area contributed by atoms with Crippen molar-refractivity contribution in [3.63, 3.8) is 0 Å². The zero-order valence-electron chi connectivity index (χ0n) is 15.1. The molecule has 0 amide bonds. The lowest BCUT2D eigenvalue weighted by Crippen LogP contribution is -2.38. The van der Waals surface area contributed by atoms with Gasteiger partial charge in [-0.1, -0.05) is 11.6 Å². The Morgan fingerprint density at radius 3 is 2.63 bits per heavy atom. The molecule has 0 atom stereocenters. The minimum absolute atomic E-state index is 0.0210. The molecule has 0 aliphatic rings. The maximum atomic E-state index is 13.7. The highest BCUT2D eigenvalue weighted by atomic mass is 35.5. The monoisotopic (exact) mass is 444 g/mol. The number of aromatic nitrogens is 3. The Labute approximate surface area is 176 Å². The second-order valence-corrected chi connectivity index (χ2v) is 7.75. The molecule has 3 aromatic heterocycles. The number of fused-ring (bicyclic) bond motifs is 1. The van der Waals surface area contributed by atoms with E-state index in [-0.39, 0.29) is 28.4 Å². The number of nitrogens with zero attached hydrogens (tertiary/aromatic N) is 4. The Balaban J connectivity index is 2.05. The van der Waals surface area contributed by atoms with Crippen LogP contribution in [0.25, 0.3) is 26.3 Å². The number of hydrogen-bond acceptors (Lipinski definition) is 5. The van der Waals surface area contributed by atoms with Gasteiger partial charge in [0.2, 0.25) is 0 Å². The van der Waals surface area contributed by atoms with Gasteiger partial charge >= 0.3 is 5.69 Å². The second-order valence-electron chi connectivity index (χ2n) is 6.29. The van der Waals surface area contributed by atoms with Crippen LogP contribution in [0.4, 0.5) is 8.78 Å². The van der Waals surface area contributed by atoms with Gasteiger partial charge in [0.25, 0.3) is 5.56 Å². The van der Waals surface area contributed by atoms with Crippen molar-refractivity contribution in [2.24, 2.45) is 0 Å². The predicted octanol–water partition coefficient (Wildman–Crippen LogP) is 4.12. The molecule has 1 aromatic carbocycles. The fraction of sp³-hybridized carbons (Fsp3) is 0.100. The zero-order chi connectivity index (χ0) is 21.4. The molecule has 4 aromatic rings. The van der Waals surface area contributed by atoms with Crippen LogP contribution in [0.5, 0.6) is 0 Å². The van der Waals surface area contributed by atoms with Crippen LogP contribution in [0.1, 0.15) is 6.42 Å². The van der Waals surface area contributed by atoms with Gasteiger partial charge in [0.15, 0.2) is 0 Å². The summed E-state index contributed by atoms with van der Waals surface area (Å²) in [6, 6.07) is 8.48. The van der Waals surface area contributed by atoms with Crippen molar-refractivity contribution < 1.29 is 8.78 Å². The van der Waals surface area contributed by atoms with E-state index in [0.717, 1.165) is 34.2 Å². The van der Waals surface area contributed by atoms with Gasteiger partial charge in [-0.25, -0.2) is 18.1 Å². The molecule has 0 bridgehead atoms. The van der Waals surface area contributed by atoms with Crippen molar-refractivity contribution in [2.45, 2.75) is 13.0 Å². The van der Waals surface area contributed by atoms with Crippen molar-refractivity contribution in [1.82, 2.24) is 14.1 Å². The molecule has 0 N–H and O–H groups in total. The molecule has 0 fully saturated rings. The summed E-state index contributed by atoms with van der Waals surface area (Å²) >= 11 is 7.22. The van der Waals surface area contributed by atoms with Gasteiger partial charge in [0, 0.05) is 23.1 Å². The van der Waals surface area contributed by atoms with E-state index in [0.29, 0.717) is 16.0 Å². The highest BCUT2D eigenvalue weighted by Crippen LogP contribution is 2.36. The molecule has 150 valence electrons. The number of nitriles is 1. The smallest absolute Gasteiger partial charge is 0.291 e. The largest absolute Gasteiger partial charge is 0.336 e. The lowest BCUT2D eigenvalue weighted by atomic mass is 10.2. The highest BCUT2D eigenvalue weighted by molar-refractivity contribution is 7.22. The van der Waals surface area contributed by atoms with Crippen LogP contribution in [-0.2, 0) is 6.54 Å². The second kappa shape index (κ2) is 7.82. The van der Waals surface area contributed by atoms with E-state index in [1.54, 1.807) is 6.07 Å². The third kappa shape index (κ3) is 3.40. The summed E-state index contributed by atoms with van der Waals surface area (Å²) in [6.45, 7) is 0.0299. The van der Waals surface area contributed by atoms with Crippen LogP contribution in [0.3, 0.4) is 0 Å². The Bertz CT molecular complexity index is 1450. The molecule has 0 saturated carbocycles. The molecule has 0 aliphatic carbocycles. The molecule has 0 unspecified atom stereocenters. The summed E-state index contributed by atoms with van der Waals surface area (Å²) in [5, 5.41) is 9.12. The molecular weight excluding hydrogens is 434 g/mol. The Morgan fingerprint density at radius 1 is 1.13 bits per heavy atom. The molecule has 4 rings (SSSR count). The zero-order valence-corrected chi connectivity index (χ0v) is 16.7. The number of benzene rings is 1. The van der Waals surface area contributed by atoms with Crippen molar-refractivity contribution in [1.29, 1.82) is 5.26 Å². The maximum absolute atomic E-state index is 13.7. The van der Waals surface area contributed by atoms with Gasteiger partial charge in [-0.15, -0.1) is 11.3 Å². The maximum Gasteiger partial charge on any atom is 0.336 e. The summed E-state index contributed by atoms with van der Waals surface area (Å²) in [4.78, 5) is 30.4. The molecule has 0 spiro atoms. The molecule has 30 heavy (non-hydrogen) atoms. The molecule has 6 nitrogen and oxygen atoms in total. The van der Waals surface area contributed by atoms with E-state index in [1.165, 1.54) is 22.9 Å². The van der Waals surface area contributed by atoms with E-state index in [4.69, 9.17) is 16.9 Å². The number of rotatable bonds is 4. The first-order chi connectivity index (χ1) is 14.4. The van der Waals surface area contributed by atoms with Gasteiger partial charge in [0.05, 0.1) is 41.1 Å². The average Bonchev–Trinajstić information content (AvgIpc) is 3.13. The number of halogens is 3. The molecule has 0 aliphatic heterocycles. The predicted molar refractivity (Wildman–Crippen MR) is 110 cm³/mol. The number of aryl methyl sites for hydroxylation is 1. The Kier molecular flexibility index (Phi) is 5.20. The van der Waals surface area contributed by atoms with Gasteiger partial charge in [-0.3, -0.25) is 14.3 Å². The lowest BCUT2D eigenvalue weighted by molar-refractivity contribution is 0.616. The first-order valence-corrected chi connectivity index (χ1v) is 9.83. The van der Waals surface area contributed by atoms with Crippen molar-refractivity contribution >= 4 is 33.2 Å². The molecule has 0 saturated heterocycles. The summed E-state index contributed by atoms with van der Waals surface area (Å²) in [7, 11) is 0. The SMILES string of the molecule is N#CCCn1c(=O)n(-c2cncc(F)c2)c(=O)c2sc(-c3ccc(F)cc3Cl)cc21. The van der Waals surface area contributed by atoms with Crippen LogP contribution >= 0.6 is 22.9 Å². The van der Waals surface area contributed by atoms with E-state index < -0.39 is 22.9 Å². The van der Waals surface area contributed by atoms with E-state index >= 15 is 0 Å². The molecule has 0 radical (unpaired) electrons. The van der Waals surface area contributed by atoms with Crippen LogP contribution in [-0.4, -0.2) is 14.1 Å². The van der Waals surface area contributed by atoms with Crippen LogP contribution in [0, 0.1) is 23.0 Å². The third-order valence-electron chi connectivity index (χ3n) is 4.42. The van der Waals surface area contributed by atoms with E-state index in [1.807, 2.05) is 6.07 Å². The van der Waals surface area contributed by atoms with Gasteiger partial charge < -0.3 is 0 Å². The number of hydrogen-bond donors (Lipinski definition) is 0. The van der Waals surface area contributed by atoms with Crippen LogP contribution < -0.4 is 11.2 Å². The first kappa shape index (κ1) is 19.9. The molecule has 10 heteroatoms. The highest BCUT2D eigenvalue weighted by Gasteiger charge is 2.19. The summed E-state index contributed by atoms with van der Waals surface area (Å²) in [5.41, 5.74) is -0.569. The Hall–Kier alpha value is -3.35. The summed E-state index contributed by atoms with van der Waals surface area (Å²) in [5.74, 6) is -1.20.